The van der Waals surface area contributed by atoms with Crippen molar-refractivity contribution in [3.63, 3.8) is 0 Å². The number of fused-ring (bicyclic) bond motifs is 1. The highest BCUT2D eigenvalue weighted by atomic mass is 35.5. The van der Waals surface area contributed by atoms with E-state index in [1.165, 1.54) is 0 Å². The fourth-order valence-electron chi connectivity index (χ4n) is 1.79. The molecule has 1 aliphatic heterocycles. The van der Waals surface area contributed by atoms with Crippen molar-refractivity contribution in [1.82, 2.24) is 9.55 Å². The van der Waals surface area contributed by atoms with Crippen molar-refractivity contribution in [1.29, 1.82) is 0 Å². The molecule has 0 aliphatic carbocycles. The summed E-state index contributed by atoms with van der Waals surface area (Å²) in [4.78, 5) is 4.19. The van der Waals surface area contributed by atoms with Gasteiger partial charge in [-0.2, -0.15) is 0 Å². The van der Waals surface area contributed by atoms with E-state index < -0.39 is 0 Å². The normalized spacial score (nSPS) is 22.4. The summed E-state index contributed by atoms with van der Waals surface area (Å²) in [5.74, 6) is 0.977. The highest BCUT2D eigenvalue weighted by Gasteiger charge is 2.22. The Morgan fingerprint density at radius 3 is 3.08 bits per heavy atom. The van der Waals surface area contributed by atoms with Gasteiger partial charge >= 0.3 is 0 Å². The maximum absolute atomic E-state index is 5.95. The van der Waals surface area contributed by atoms with Crippen molar-refractivity contribution in [2.24, 2.45) is 5.73 Å². The first-order valence-electron chi connectivity index (χ1n) is 4.18. The van der Waals surface area contributed by atoms with E-state index >= 15 is 0 Å². The molecule has 1 unspecified atom stereocenters. The number of aryl methyl sites for hydroxylation is 1. The van der Waals surface area contributed by atoms with Crippen molar-refractivity contribution < 1.29 is 0 Å². The Morgan fingerprint density at radius 1 is 1.67 bits per heavy atom. The van der Waals surface area contributed by atoms with Gasteiger partial charge in [-0.15, -0.1) is 0 Å². The predicted octanol–water partition coefficient (Wildman–Crippen LogP) is 1.64. The van der Waals surface area contributed by atoms with Crippen LogP contribution in [0.5, 0.6) is 0 Å². The van der Waals surface area contributed by atoms with Crippen LogP contribution in [0, 0.1) is 6.92 Å². The minimum atomic E-state index is 0.0763. The van der Waals surface area contributed by atoms with E-state index in [9.17, 15) is 0 Å². The van der Waals surface area contributed by atoms with E-state index in [4.69, 9.17) is 17.3 Å². The number of rotatable bonds is 0. The molecule has 3 nitrogen and oxygen atoms in total. The van der Waals surface area contributed by atoms with Gasteiger partial charge in [0.25, 0.3) is 0 Å². The first-order valence-corrected chi connectivity index (χ1v) is 4.56. The van der Waals surface area contributed by atoms with Gasteiger partial charge in [0, 0.05) is 12.6 Å². The summed E-state index contributed by atoms with van der Waals surface area (Å²) < 4.78 is 2.12. The lowest BCUT2D eigenvalue weighted by atomic mass is 10.1. The van der Waals surface area contributed by atoms with Crippen LogP contribution in [0.4, 0.5) is 0 Å². The molecule has 0 spiro atoms. The van der Waals surface area contributed by atoms with Gasteiger partial charge in [0.05, 0.1) is 5.69 Å². The zero-order chi connectivity index (χ0) is 8.72. The lowest BCUT2D eigenvalue weighted by Crippen LogP contribution is -2.22. The molecule has 4 heteroatoms. The van der Waals surface area contributed by atoms with Gasteiger partial charge in [0.2, 0.25) is 0 Å². The standard InChI is InChI=1S/C8H12ClN3/c1-5-11-8(9)7-6(10)3-2-4-12(5)7/h6H,2-4,10H2,1H3. The molecule has 0 aromatic carbocycles. The summed E-state index contributed by atoms with van der Waals surface area (Å²) in [6, 6.07) is 0.0763. The fraction of sp³-hybridized carbons (Fsp3) is 0.625. The summed E-state index contributed by atoms with van der Waals surface area (Å²) in [5, 5.41) is 0.583. The van der Waals surface area contributed by atoms with Gasteiger partial charge in [-0.1, -0.05) is 11.6 Å². The number of hydrogen-bond acceptors (Lipinski definition) is 2. The third-order valence-corrected chi connectivity index (χ3v) is 2.68. The van der Waals surface area contributed by atoms with Crippen molar-refractivity contribution in [2.75, 3.05) is 0 Å². The molecule has 0 saturated heterocycles. The molecule has 1 aromatic rings. The van der Waals surface area contributed by atoms with Gasteiger partial charge in [0.1, 0.15) is 5.82 Å². The second-order valence-electron chi connectivity index (χ2n) is 3.24. The van der Waals surface area contributed by atoms with Crippen molar-refractivity contribution in [3.8, 4) is 0 Å². The van der Waals surface area contributed by atoms with Crippen LogP contribution in [0.25, 0.3) is 0 Å². The molecule has 12 heavy (non-hydrogen) atoms. The molecule has 1 aliphatic rings. The molecule has 0 amide bonds. The molecular weight excluding hydrogens is 174 g/mol. The molecule has 0 radical (unpaired) electrons. The van der Waals surface area contributed by atoms with Gasteiger partial charge in [-0.25, -0.2) is 4.98 Å². The SMILES string of the molecule is Cc1nc(Cl)c2n1CCCC2N. The third kappa shape index (κ3) is 1.04. The van der Waals surface area contributed by atoms with E-state index in [0.29, 0.717) is 5.15 Å². The number of halogens is 1. The fourth-order valence-corrected chi connectivity index (χ4v) is 2.15. The quantitative estimate of drug-likeness (QED) is 0.668. The van der Waals surface area contributed by atoms with E-state index in [1.807, 2.05) is 6.92 Å². The topological polar surface area (TPSA) is 43.8 Å². The lowest BCUT2D eigenvalue weighted by Gasteiger charge is -2.21. The maximum atomic E-state index is 5.95. The minimum absolute atomic E-state index is 0.0763. The Kier molecular flexibility index (Phi) is 1.85. The Labute approximate surface area is 76.5 Å². The number of nitrogens with two attached hydrogens (primary N) is 1. The molecule has 2 heterocycles. The number of imidazole rings is 1. The summed E-state index contributed by atoms with van der Waals surface area (Å²) in [6.07, 6.45) is 2.15. The van der Waals surface area contributed by atoms with Crippen molar-refractivity contribution in [3.05, 3.63) is 16.7 Å². The predicted molar refractivity (Wildman–Crippen MR) is 48.1 cm³/mol. The van der Waals surface area contributed by atoms with Crippen LogP contribution in [-0.2, 0) is 6.54 Å². The van der Waals surface area contributed by atoms with E-state index in [2.05, 4.69) is 9.55 Å². The largest absolute Gasteiger partial charge is 0.330 e. The smallest absolute Gasteiger partial charge is 0.152 e. The van der Waals surface area contributed by atoms with Crippen molar-refractivity contribution >= 4 is 11.6 Å². The summed E-state index contributed by atoms with van der Waals surface area (Å²) in [5.41, 5.74) is 6.93. The van der Waals surface area contributed by atoms with Crippen LogP contribution >= 0.6 is 11.6 Å². The Balaban J connectivity index is 2.55. The first-order chi connectivity index (χ1) is 5.70. The van der Waals surface area contributed by atoms with Crippen molar-refractivity contribution in [2.45, 2.75) is 32.4 Å². The zero-order valence-electron chi connectivity index (χ0n) is 7.05. The molecule has 0 fully saturated rings. The first kappa shape index (κ1) is 8.08. The second-order valence-corrected chi connectivity index (χ2v) is 3.59. The Bertz CT molecular complexity index is 305. The minimum Gasteiger partial charge on any atom is -0.330 e. The van der Waals surface area contributed by atoms with Gasteiger partial charge in [0.15, 0.2) is 5.15 Å². The average molecular weight is 186 g/mol. The third-order valence-electron chi connectivity index (χ3n) is 2.40. The number of hydrogen-bond donors (Lipinski definition) is 1. The van der Waals surface area contributed by atoms with Crippen LogP contribution in [0.1, 0.15) is 30.4 Å². The average Bonchev–Trinajstić information content (AvgIpc) is 2.29. The van der Waals surface area contributed by atoms with Crippen LogP contribution in [0.15, 0.2) is 0 Å². The van der Waals surface area contributed by atoms with Crippen LogP contribution < -0.4 is 5.73 Å². The lowest BCUT2D eigenvalue weighted by molar-refractivity contribution is 0.456. The van der Waals surface area contributed by atoms with Gasteiger partial charge in [-0.3, -0.25) is 0 Å². The molecule has 0 saturated carbocycles. The number of aromatic nitrogens is 2. The molecule has 1 aromatic heterocycles. The van der Waals surface area contributed by atoms with E-state index in [1.54, 1.807) is 0 Å². The van der Waals surface area contributed by atoms with Crippen LogP contribution in [-0.4, -0.2) is 9.55 Å². The molecule has 2 N–H and O–H groups in total. The van der Waals surface area contributed by atoms with Crippen LogP contribution in [0.2, 0.25) is 5.15 Å². The molecule has 0 bridgehead atoms. The molecular formula is C8H12ClN3. The number of nitrogens with zero attached hydrogens (tertiary/aromatic N) is 2. The Hall–Kier alpha value is -0.540. The molecule has 1 atom stereocenters. The maximum Gasteiger partial charge on any atom is 0.152 e. The molecule has 66 valence electrons. The summed E-state index contributed by atoms with van der Waals surface area (Å²) in [7, 11) is 0. The molecule has 2 rings (SSSR count). The zero-order valence-corrected chi connectivity index (χ0v) is 7.80. The van der Waals surface area contributed by atoms with Gasteiger partial charge in [-0.05, 0) is 19.8 Å². The van der Waals surface area contributed by atoms with E-state index in [0.717, 1.165) is 30.9 Å². The Morgan fingerprint density at radius 2 is 2.42 bits per heavy atom. The summed E-state index contributed by atoms with van der Waals surface area (Å²) >= 11 is 5.95. The van der Waals surface area contributed by atoms with E-state index in [-0.39, 0.29) is 6.04 Å². The van der Waals surface area contributed by atoms with Gasteiger partial charge < -0.3 is 10.3 Å². The highest BCUT2D eigenvalue weighted by Crippen LogP contribution is 2.29. The summed E-state index contributed by atoms with van der Waals surface area (Å²) in [6.45, 7) is 2.97. The van der Waals surface area contributed by atoms with Crippen LogP contribution in [0.3, 0.4) is 0 Å². The monoisotopic (exact) mass is 185 g/mol. The highest BCUT2D eigenvalue weighted by molar-refractivity contribution is 6.30. The second kappa shape index (κ2) is 2.75.